The Kier molecular flexibility index (Phi) is 4.29. The fourth-order valence-corrected chi connectivity index (χ4v) is 1.98. The van der Waals surface area contributed by atoms with Crippen molar-refractivity contribution in [2.75, 3.05) is 0 Å². The molecule has 0 spiro atoms. The van der Waals surface area contributed by atoms with Crippen molar-refractivity contribution in [1.82, 2.24) is 0 Å². The van der Waals surface area contributed by atoms with Gasteiger partial charge in [-0.15, -0.1) is 0 Å². The first-order valence-electron chi connectivity index (χ1n) is 6.22. The summed E-state index contributed by atoms with van der Waals surface area (Å²) in [6.07, 6.45) is 1.57. The van der Waals surface area contributed by atoms with Crippen molar-refractivity contribution in [3.63, 3.8) is 0 Å². The number of benzene rings is 2. The van der Waals surface area contributed by atoms with Gasteiger partial charge < -0.3 is 5.11 Å². The molecule has 2 aromatic carbocycles. The molecule has 19 heavy (non-hydrogen) atoms. The molecule has 1 N–H and O–H groups in total. The fraction of sp³-hybridized carbons (Fsp3) is 0.188. The molecule has 0 aliphatic rings. The van der Waals surface area contributed by atoms with Crippen molar-refractivity contribution in [1.29, 1.82) is 0 Å². The van der Waals surface area contributed by atoms with E-state index >= 15 is 0 Å². The molecule has 0 fully saturated rings. The van der Waals surface area contributed by atoms with Crippen LogP contribution in [-0.4, -0.2) is 11.1 Å². The monoisotopic (exact) mass is 258 g/mol. The molecule has 0 aromatic heterocycles. The minimum absolute atomic E-state index is 0.186. The summed E-state index contributed by atoms with van der Waals surface area (Å²) in [7, 11) is 0. The van der Waals surface area contributed by atoms with Gasteiger partial charge >= 0.3 is 5.97 Å². The van der Waals surface area contributed by atoms with Crippen molar-refractivity contribution in [3.05, 3.63) is 59.9 Å². The van der Waals surface area contributed by atoms with Crippen LogP contribution in [0.25, 0.3) is 11.1 Å². The van der Waals surface area contributed by atoms with E-state index in [9.17, 15) is 9.18 Å². The maximum atomic E-state index is 13.1. The van der Waals surface area contributed by atoms with Crippen LogP contribution in [0.4, 0.5) is 4.39 Å². The van der Waals surface area contributed by atoms with E-state index in [1.807, 2.05) is 30.3 Å². The molecule has 0 heterocycles. The molecule has 0 saturated heterocycles. The van der Waals surface area contributed by atoms with Crippen LogP contribution in [-0.2, 0) is 11.2 Å². The standard InChI is InChI=1S/C16H15FO2/c17-15-5-2-4-14(11-15)13-9-7-12(8-10-13)3-1-6-16(18)19/h2,4-5,7-11H,1,3,6H2,(H,18,19). The third kappa shape index (κ3) is 3.91. The Morgan fingerprint density at radius 1 is 1.05 bits per heavy atom. The number of hydrogen-bond donors (Lipinski definition) is 1. The maximum Gasteiger partial charge on any atom is 0.303 e. The molecule has 0 amide bonds. The Morgan fingerprint density at radius 3 is 2.42 bits per heavy atom. The van der Waals surface area contributed by atoms with Gasteiger partial charge in [0.05, 0.1) is 0 Å². The van der Waals surface area contributed by atoms with Crippen LogP contribution in [0.1, 0.15) is 18.4 Å². The van der Waals surface area contributed by atoms with Gasteiger partial charge in [-0.25, -0.2) is 4.39 Å². The smallest absolute Gasteiger partial charge is 0.303 e. The van der Waals surface area contributed by atoms with Crippen LogP contribution >= 0.6 is 0 Å². The van der Waals surface area contributed by atoms with Gasteiger partial charge in [-0.3, -0.25) is 4.79 Å². The fourth-order valence-electron chi connectivity index (χ4n) is 1.98. The van der Waals surface area contributed by atoms with E-state index in [4.69, 9.17) is 5.11 Å². The lowest BCUT2D eigenvalue weighted by atomic mass is 10.0. The predicted octanol–water partition coefficient (Wildman–Crippen LogP) is 3.90. The molecule has 2 nitrogen and oxygen atoms in total. The molecular formula is C16H15FO2. The molecule has 2 aromatic rings. The largest absolute Gasteiger partial charge is 0.481 e. The first kappa shape index (κ1) is 13.3. The predicted molar refractivity (Wildman–Crippen MR) is 72.4 cm³/mol. The van der Waals surface area contributed by atoms with E-state index in [0.29, 0.717) is 6.42 Å². The number of aryl methyl sites for hydroxylation is 1. The highest BCUT2D eigenvalue weighted by atomic mass is 19.1. The minimum atomic E-state index is -0.767. The van der Waals surface area contributed by atoms with E-state index in [2.05, 4.69) is 0 Å². The lowest BCUT2D eigenvalue weighted by molar-refractivity contribution is -0.137. The van der Waals surface area contributed by atoms with Gasteiger partial charge in [-0.05, 0) is 41.7 Å². The third-order valence-corrected chi connectivity index (χ3v) is 2.97. The first-order valence-corrected chi connectivity index (χ1v) is 6.22. The third-order valence-electron chi connectivity index (χ3n) is 2.97. The number of aliphatic carboxylic acids is 1. The highest BCUT2D eigenvalue weighted by Crippen LogP contribution is 2.21. The number of carboxylic acids is 1. The zero-order valence-corrected chi connectivity index (χ0v) is 10.5. The van der Waals surface area contributed by atoms with Gasteiger partial charge in [-0.2, -0.15) is 0 Å². The van der Waals surface area contributed by atoms with Gasteiger partial charge in [0.15, 0.2) is 0 Å². The number of hydrogen-bond acceptors (Lipinski definition) is 1. The van der Waals surface area contributed by atoms with Crippen LogP contribution in [0.5, 0.6) is 0 Å². The van der Waals surface area contributed by atoms with E-state index in [1.165, 1.54) is 12.1 Å². The van der Waals surface area contributed by atoms with Gasteiger partial charge in [0, 0.05) is 6.42 Å². The van der Waals surface area contributed by atoms with Crippen LogP contribution in [0.15, 0.2) is 48.5 Å². The number of carbonyl (C=O) groups is 1. The summed E-state index contributed by atoms with van der Waals surface area (Å²) in [5.74, 6) is -1.01. The van der Waals surface area contributed by atoms with E-state index in [-0.39, 0.29) is 12.2 Å². The van der Waals surface area contributed by atoms with Crippen molar-refractivity contribution in [3.8, 4) is 11.1 Å². The summed E-state index contributed by atoms with van der Waals surface area (Å²) in [6.45, 7) is 0. The van der Waals surface area contributed by atoms with Gasteiger partial charge in [0.1, 0.15) is 5.82 Å². The lowest BCUT2D eigenvalue weighted by Crippen LogP contribution is -1.95. The van der Waals surface area contributed by atoms with Gasteiger partial charge in [0.2, 0.25) is 0 Å². The molecule has 0 aliphatic heterocycles. The van der Waals surface area contributed by atoms with Crippen LogP contribution in [0.3, 0.4) is 0 Å². The first-order chi connectivity index (χ1) is 9.15. The van der Waals surface area contributed by atoms with Crippen LogP contribution < -0.4 is 0 Å². The molecule has 0 unspecified atom stereocenters. The second kappa shape index (κ2) is 6.14. The average molecular weight is 258 g/mol. The highest BCUT2D eigenvalue weighted by molar-refractivity contribution is 5.66. The van der Waals surface area contributed by atoms with E-state index < -0.39 is 5.97 Å². The summed E-state index contributed by atoms with van der Waals surface area (Å²) < 4.78 is 13.1. The second-order valence-corrected chi connectivity index (χ2v) is 4.45. The quantitative estimate of drug-likeness (QED) is 0.883. The van der Waals surface area contributed by atoms with Crippen LogP contribution in [0.2, 0.25) is 0 Å². The van der Waals surface area contributed by atoms with Crippen molar-refractivity contribution >= 4 is 5.97 Å². The summed E-state index contributed by atoms with van der Waals surface area (Å²) >= 11 is 0. The summed E-state index contributed by atoms with van der Waals surface area (Å²) in [4.78, 5) is 10.4. The van der Waals surface area contributed by atoms with Crippen molar-refractivity contribution in [2.24, 2.45) is 0 Å². The molecule has 2 rings (SSSR count). The summed E-state index contributed by atoms with van der Waals surface area (Å²) in [5, 5.41) is 8.57. The minimum Gasteiger partial charge on any atom is -0.481 e. The molecule has 0 radical (unpaired) electrons. The lowest BCUT2D eigenvalue weighted by Gasteiger charge is -2.04. The van der Waals surface area contributed by atoms with Crippen molar-refractivity contribution < 1.29 is 14.3 Å². The Labute approximate surface area is 111 Å². The summed E-state index contributed by atoms with van der Waals surface area (Å²) in [6, 6.07) is 14.3. The molecule has 0 aliphatic carbocycles. The van der Waals surface area contributed by atoms with Gasteiger partial charge in [-0.1, -0.05) is 36.4 Å². The topological polar surface area (TPSA) is 37.3 Å². The van der Waals surface area contributed by atoms with E-state index in [1.54, 1.807) is 6.07 Å². The van der Waals surface area contributed by atoms with Crippen LogP contribution in [0, 0.1) is 5.82 Å². The zero-order chi connectivity index (χ0) is 13.7. The normalized spacial score (nSPS) is 10.4. The van der Waals surface area contributed by atoms with Gasteiger partial charge in [0.25, 0.3) is 0 Å². The summed E-state index contributed by atoms with van der Waals surface area (Å²) in [5.41, 5.74) is 2.90. The Hall–Kier alpha value is -2.16. The molecule has 3 heteroatoms. The number of rotatable bonds is 5. The molecule has 0 atom stereocenters. The maximum absolute atomic E-state index is 13.1. The Morgan fingerprint density at radius 2 is 1.79 bits per heavy atom. The average Bonchev–Trinajstić information content (AvgIpc) is 2.39. The number of carboxylic acid groups (broad SMARTS) is 1. The molecule has 98 valence electrons. The Balaban J connectivity index is 2.04. The molecule has 0 saturated carbocycles. The highest BCUT2D eigenvalue weighted by Gasteiger charge is 2.01. The SMILES string of the molecule is O=C(O)CCCc1ccc(-c2cccc(F)c2)cc1. The van der Waals surface area contributed by atoms with Crippen molar-refractivity contribution in [2.45, 2.75) is 19.3 Å². The molecule has 0 bridgehead atoms. The molecular weight excluding hydrogens is 243 g/mol. The zero-order valence-electron chi connectivity index (χ0n) is 10.5. The Bertz CT molecular complexity index is 561. The van der Waals surface area contributed by atoms with E-state index in [0.717, 1.165) is 23.1 Å². The second-order valence-electron chi connectivity index (χ2n) is 4.45. The number of halogens is 1.